The van der Waals surface area contributed by atoms with Crippen LogP contribution in [0, 0.1) is 24.6 Å². The Kier molecular flexibility index (Phi) is 11.3. The Morgan fingerprint density at radius 2 is 1.60 bits per heavy atom. The Morgan fingerprint density at radius 3 is 2.37 bits per heavy atom. The molecular weight excluding hydrogens is 870 g/mol. The van der Waals surface area contributed by atoms with Gasteiger partial charge in [0.15, 0.2) is 0 Å². The summed E-state index contributed by atoms with van der Waals surface area (Å²) in [5, 5.41) is 9.78. The second-order valence-electron chi connectivity index (χ2n) is 19.8. The highest BCUT2D eigenvalue weighted by molar-refractivity contribution is 6.23. The van der Waals surface area contributed by atoms with Crippen molar-refractivity contribution in [3.63, 3.8) is 0 Å². The first-order valence-corrected chi connectivity index (χ1v) is 24.1. The van der Waals surface area contributed by atoms with Crippen LogP contribution in [0.3, 0.4) is 0 Å². The van der Waals surface area contributed by atoms with Crippen LogP contribution < -0.4 is 20.3 Å². The molecule has 3 aromatic heterocycles. The number of rotatable bonds is 6. The highest BCUT2D eigenvalue weighted by Crippen LogP contribution is 2.39. The molecular formula is C50H56FN11O6. The van der Waals surface area contributed by atoms with Crippen molar-refractivity contribution in [2.75, 3.05) is 49.5 Å². The van der Waals surface area contributed by atoms with Crippen LogP contribution >= 0.6 is 0 Å². The van der Waals surface area contributed by atoms with Crippen molar-refractivity contribution < 1.29 is 33.1 Å². The molecule has 11 rings (SSSR count). The number of pyridine rings is 1. The number of piperidine rings is 2. The van der Waals surface area contributed by atoms with Gasteiger partial charge in [0.1, 0.15) is 11.9 Å². The van der Waals surface area contributed by atoms with Crippen molar-refractivity contribution in [1.29, 1.82) is 0 Å². The van der Waals surface area contributed by atoms with Crippen LogP contribution in [0.2, 0.25) is 0 Å². The number of aryl methyl sites for hydroxylation is 2. The van der Waals surface area contributed by atoms with Crippen molar-refractivity contribution in [3.05, 3.63) is 82.4 Å². The number of hydrogen-bond donors (Lipinski definition) is 2. The number of aromatic nitrogens is 5. The number of imide groups is 2. The van der Waals surface area contributed by atoms with Gasteiger partial charge in [-0.1, -0.05) is 13.0 Å². The quantitative estimate of drug-likeness (QED) is 0.210. The number of hydrogen-bond acceptors (Lipinski definition) is 12. The number of likely N-dealkylation sites (tertiary alicyclic amines) is 1. The standard InChI is InChI=1S/C50H56FN11O6/c1-28-5-4-16-68-49-37(22-52-57(49)3)40-19-32(17-29(2)53-40)45(64)56-50-54-39-9-6-31(18-43(39)61(50)23-28)24-58-14-12-30(13-15-58)25-60-33-7-8-34(60)27-59(26-33)42-21-36-35(20-38(42)51)47(66)62(48(36)67)41-10-11-44(63)55-46(41)65/h6,9,17-22,28,30,33-34,41H,4-5,7-8,10-16,23-27H2,1-3H3,(H,54,56,64)(H,55,63,65)/t28-,33?,34?,41?/m1/s1. The number of halogens is 1. The van der Waals surface area contributed by atoms with E-state index in [0.29, 0.717) is 66.6 Å². The van der Waals surface area contributed by atoms with E-state index in [0.717, 1.165) is 92.3 Å². The molecule has 2 N–H and O–H groups in total. The summed E-state index contributed by atoms with van der Waals surface area (Å²) in [6.07, 6.45) is 7.76. The Hall–Kier alpha value is -6.53. The van der Waals surface area contributed by atoms with Gasteiger partial charge in [-0.15, -0.1) is 0 Å². The van der Waals surface area contributed by atoms with E-state index in [9.17, 15) is 24.0 Å². The summed E-state index contributed by atoms with van der Waals surface area (Å²) >= 11 is 0. The Labute approximate surface area is 393 Å². The lowest BCUT2D eigenvalue weighted by Crippen LogP contribution is -2.55. The third-order valence-electron chi connectivity index (χ3n) is 15.1. The minimum absolute atomic E-state index is 0.0210. The fraction of sp³-hybridized carbons (Fsp3) is 0.480. The molecule has 0 aliphatic carbocycles. The Bertz CT molecular complexity index is 2870. The molecule has 18 heteroatoms. The summed E-state index contributed by atoms with van der Waals surface area (Å²) in [5.74, 6) is -1.31. The van der Waals surface area contributed by atoms with E-state index in [1.165, 1.54) is 11.6 Å². The minimum atomic E-state index is -1.10. The molecule has 354 valence electrons. The van der Waals surface area contributed by atoms with Crippen molar-refractivity contribution in [2.45, 2.75) is 96.4 Å². The molecule has 6 aliphatic rings. The van der Waals surface area contributed by atoms with Crippen LogP contribution in [-0.4, -0.2) is 126 Å². The van der Waals surface area contributed by atoms with Crippen LogP contribution in [0.5, 0.6) is 5.88 Å². The first-order chi connectivity index (χ1) is 32.8. The predicted molar refractivity (Wildman–Crippen MR) is 250 cm³/mol. The number of anilines is 2. The Morgan fingerprint density at radius 1 is 0.838 bits per heavy atom. The average molecular weight is 926 g/mol. The second kappa shape index (κ2) is 17.5. The number of nitrogens with zero attached hydrogens (tertiary/aromatic N) is 9. The number of piperazine rings is 1. The maximum Gasteiger partial charge on any atom is 0.262 e. The largest absolute Gasteiger partial charge is 0.477 e. The third kappa shape index (κ3) is 8.10. The number of amides is 5. The number of fused-ring (bicyclic) bond motifs is 10. The van der Waals surface area contributed by atoms with Crippen molar-refractivity contribution in [2.24, 2.45) is 18.9 Å². The molecule has 68 heavy (non-hydrogen) atoms. The number of nitrogens with one attached hydrogen (secondary N) is 2. The average Bonchev–Trinajstić information content (AvgIpc) is 3.98. The molecule has 3 unspecified atom stereocenters. The molecule has 0 radical (unpaired) electrons. The van der Waals surface area contributed by atoms with Gasteiger partial charge in [0, 0.05) is 69.5 Å². The van der Waals surface area contributed by atoms with Gasteiger partial charge in [-0.05, 0) is 119 Å². The fourth-order valence-corrected chi connectivity index (χ4v) is 11.5. The first-order valence-electron chi connectivity index (χ1n) is 24.1. The molecule has 4 atom stereocenters. The van der Waals surface area contributed by atoms with Crippen LogP contribution in [-0.2, 0) is 29.7 Å². The topological polar surface area (TPSA) is 180 Å². The highest BCUT2D eigenvalue weighted by atomic mass is 19.1. The molecule has 17 nitrogen and oxygen atoms in total. The van der Waals surface area contributed by atoms with Gasteiger partial charge in [-0.25, -0.2) is 14.1 Å². The van der Waals surface area contributed by atoms with Crippen LogP contribution in [0.4, 0.5) is 16.0 Å². The van der Waals surface area contributed by atoms with E-state index in [4.69, 9.17) is 14.7 Å². The van der Waals surface area contributed by atoms with Crippen LogP contribution in [0.25, 0.3) is 22.3 Å². The second-order valence-corrected chi connectivity index (χ2v) is 19.8. The first kappa shape index (κ1) is 44.0. The van der Waals surface area contributed by atoms with Gasteiger partial charge >= 0.3 is 0 Å². The third-order valence-corrected chi connectivity index (χ3v) is 15.1. The van der Waals surface area contributed by atoms with Crippen LogP contribution in [0.1, 0.15) is 101 Å². The predicted octanol–water partition coefficient (Wildman–Crippen LogP) is 5.31. The van der Waals surface area contributed by atoms with Gasteiger partial charge in [0.25, 0.3) is 17.7 Å². The van der Waals surface area contributed by atoms with Crippen molar-refractivity contribution in [1.82, 2.24) is 44.3 Å². The SMILES string of the molecule is Cc1cc2cc(n1)-c1cnn(C)c1OCCC[C@@H](C)Cn1c(nc3ccc(CN4CCC(CN5C6CCC5CN(c5cc7c(cc5F)C(=O)N(C5CCC(=O)NC5=O)C7=O)C6)CC4)cc31)NC2=O. The van der Waals surface area contributed by atoms with E-state index < -0.39 is 35.5 Å². The number of carbonyl (C=O) groups excluding carboxylic acids is 5. The lowest BCUT2D eigenvalue weighted by molar-refractivity contribution is -0.136. The van der Waals surface area contributed by atoms with Gasteiger partial charge in [0.05, 0.1) is 51.9 Å². The summed E-state index contributed by atoms with van der Waals surface area (Å²) in [6, 6.07) is 12.0. The number of ether oxygens (including phenoxy) is 1. The minimum Gasteiger partial charge on any atom is -0.477 e. The van der Waals surface area contributed by atoms with Gasteiger partial charge < -0.3 is 14.2 Å². The molecule has 2 aromatic carbocycles. The van der Waals surface area contributed by atoms with E-state index >= 15 is 4.39 Å². The lowest BCUT2D eigenvalue weighted by Gasteiger charge is -2.44. The van der Waals surface area contributed by atoms with Crippen LogP contribution in [0.15, 0.2) is 48.7 Å². The van der Waals surface area contributed by atoms with Gasteiger partial charge in [0.2, 0.25) is 23.6 Å². The van der Waals surface area contributed by atoms with Gasteiger partial charge in [-0.3, -0.25) is 54.3 Å². The monoisotopic (exact) mass is 925 g/mol. The summed E-state index contributed by atoms with van der Waals surface area (Å²) in [5.41, 5.74) is 5.95. The van der Waals surface area contributed by atoms with Crippen molar-refractivity contribution >= 4 is 52.2 Å². The lowest BCUT2D eigenvalue weighted by atomic mass is 9.94. The zero-order valence-corrected chi connectivity index (χ0v) is 38.7. The Balaban J connectivity index is 0.733. The number of carbonyl (C=O) groups is 5. The molecule has 4 bridgehead atoms. The molecule has 0 spiro atoms. The van der Waals surface area contributed by atoms with E-state index in [1.807, 2.05) is 18.9 Å². The summed E-state index contributed by atoms with van der Waals surface area (Å²) in [4.78, 5) is 82.8. The maximum absolute atomic E-state index is 15.8. The molecule has 4 fully saturated rings. The summed E-state index contributed by atoms with van der Waals surface area (Å²) in [6.45, 7) is 10.3. The summed E-state index contributed by atoms with van der Waals surface area (Å²) < 4.78 is 26.0. The van der Waals surface area contributed by atoms with E-state index in [1.54, 1.807) is 23.0 Å². The fourth-order valence-electron chi connectivity index (χ4n) is 11.5. The molecule has 6 aliphatic heterocycles. The highest BCUT2D eigenvalue weighted by Gasteiger charge is 2.47. The zero-order chi connectivity index (χ0) is 47.0. The van der Waals surface area contributed by atoms with Crippen molar-refractivity contribution in [3.8, 4) is 17.1 Å². The number of imidazole rings is 1. The normalized spacial score (nSPS) is 24.0. The van der Waals surface area contributed by atoms with E-state index in [2.05, 4.69) is 55.2 Å². The molecule has 5 amide bonds. The smallest absolute Gasteiger partial charge is 0.262 e. The molecule has 4 saturated heterocycles. The number of benzene rings is 2. The maximum atomic E-state index is 15.8. The molecule has 9 heterocycles. The van der Waals surface area contributed by atoms with Gasteiger partial charge in [-0.2, -0.15) is 5.10 Å². The van der Waals surface area contributed by atoms with E-state index in [-0.39, 0.29) is 47.9 Å². The molecule has 5 aromatic rings. The zero-order valence-electron chi connectivity index (χ0n) is 38.7. The summed E-state index contributed by atoms with van der Waals surface area (Å²) in [7, 11) is 1.85. The molecule has 0 saturated carbocycles.